The van der Waals surface area contributed by atoms with Gasteiger partial charge in [-0.25, -0.2) is 8.42 Å². The van der Waals surface area contributed by atoms with Gasteiger partial charge in [-0.3, -0.25) is 0 Å². The SMILES string of the molecule is C[C@H]1CN(S(=O)(=O)c2cccc3nsnc23)CCN1. The largest absolute Gasteiger partial charge is 0.312 e. The highest BCUT2D eigenvalue weighted by Gasteiger charge is 2.30. The first-order valence-electron chi connectivity index (χ1n) is 6.04. The molecule has 1 aromatic carbocycles. The molecule has 1 saturated heterocycles. The summed E-state index contributed by atoms with van der Waals surface area (Å²) in [5.74, 6) is 0. The molecule has 0 unspecified atom stereocenters. The van der Waals surface area contributed by atoms with Crippen molar-refractivity contribution in [3.63, 3.8) is 0 Å². The fraction of sp³-hybridized carbons (Fsp3) is 0.455. The van der Waals surface area contributed by atoms with Crippen molar-refractivity contribution in [2.75, 3.05) is 19.6 Å². The monoisotopic (exact) mass is 298 g/mol. The van der Waals surface area contributed by atoms with Crippen molar-refractivity contribution >= 4 is 32.8 Å². The number of fused-ring (bicyclic) bond motifs is 1. The van der Waals surface area contributed by atoms with Gasteiger partial charge in [-0.15, -0.1) is 0 Å². The first-order valence-corrected chi connectivity index (χ1v) is 8.21. The lowest BCUT2D eigenvalue weighted by molar-refractivity contribution is 0.310. The minimum absolute atomic E-state index is 0.163. The lowest BCUT2D eigenvalue weighted by Gasteiger charge is -2.30. The van der Waals surface area contributed by atoms with Crippen LogP contribution >= 0.6 is 11.7 Å². The molecule has 3 rings (SSSR count). The number of hydrogen-bond acceptors (Lipinski definition) is 6. The molecule has 2 heterocycles. The maximum Gasteiger partial charge on any atom is 0.245 e. The zero-order valence-corrected chi connectivity index (χ0v) is 12.0. The molecule has 1 aromatic heterocycles. The van der Waals surface area contributed by atoms with Crippen molar-refractivity contribution < 1.29 is 8.42 Å². The van der Waals surface area contributed by atoms with E-state index in [1.165, 1.54) is 4.31 Å². The van der Waals surface area contributed by atoms with Crippen LogP contribution in [0.5, 0.6) is 0 Å². The predicted molar refractivity (Wildman–Crippen MR) is 73.6 cm³/mol. The van der Waals surface area contributed by atoms with E-state index in [9.17, 15) is 8.42 Å². The molecule has 0 bridgehead atoms. The molecule has 0 saturated carbocycles. The Morgan fingerprint density at radius 2 is 2.26 bits per heavy atom. The molecule has 102 valence electrons. The molecule has 0 radical (unpaired) electrons. The average Bonchev–Trinajstić information content (AvgIpc) is 2.86. The molecule has 8 heteroatoms. The molecule has 19 heavy (non-hydrogen) atoms. The van der Waals surface area contributed by atoms with Gasteiger partial charge in [0.05, 0.1) is 11.7 Å². The van der Waals surface area contributed by atoms with E-state index < -0.39 is 10.0 Å². The summed E-state index contributed by atoms with van der Waals surface area (Å²) in [6.45, 7) is 3.62. The molecule has 1 aliphatic heterocycles. The highest BCUT2D eigenvalue weighted by atomic mass is 32.2. The van der Waals surface area contributed by atoms with Crippen LogP contribution in [0.3, 0.4) is 0 Å². The highest BCUT2D eigenvalue weighted by Crippen LogP contribution is 2.24. The van der Waals surface area contributed by atoms with Crippen LogP contribution in [0.25, 0.3) is 11.0 Å². The van der Waals surface area contributed by atoms with E-state index in [0.717, 1.165) is 11.7 Å². The fourth-order valence-corrected chi connectivity index (χ4v) is 4.53. The molecule has 1 fully saturated rings. The number of nitrogens with zero attached hydrogens (tertiary/aromatic N) is 3. The average molecular weight is 298 g/mol. The smallest absolute Gasteiger partial charge is 0.245 e. The van der Waals surface area contributed by atoms with Crippen molar-refractivity contribution in [2.24, 2.45) is 0 Å². The molecule has 0 spiro atoms. The maximum atomic E-state index is 12.7. The number of benzene rings is 1. The van der Waals surface area contributed by atoms with Gasteiger partial charge in [0.25, 0.3) is 0 Å². The van der Waals surface area contributed by atoms with Crippen molar-refractivity contribution in [3.8, 4) is 0 Å². The van der Waals surface area contributed by atoms with Crippen LogP contribution in [0.15, 0.2) is 23.1 Å². The van der Waals surface area contributed by atoms with E-state index in [2.05, 4.69) is 14.1 Å². The molecule has 2 aromatic rings. The van der Waals surface area contributed by atoms with Crippen LogP contribution in [0.2, 0.25) is 0 Å². The molecular weight excluding hydrogens is 284 g/mol. The second kappa shape index (κ2) is 4.78. The summed E-state index contributed by atoms with van der Waals surface area (Å²) < 4.78 is 35.1. The Labute approximate surface area is 115 Å². The standard InChI is InChI=1S/C11H14N4O2S2/c1-8-7-15(6-5-12-8)19(16,17)10-4-2-3-9-11(10)14-18-13-9/h2-4,8,12H,5-7H2,1H3/t8-/m0/s1. The van der Waals surface area contributed by atoms with Crippen LogP contribution < -0.4 is 5.32 Å². The Morgan fingerprint density at radius 1 is 1.42 bits per heavy atom. The van der Waals surface area contributed by atoms with Crippen LogP contribution in [0, 0.1) is 0 Å². The van der Waals surface area contributed by atoms with Gasteiger partial charge < -0.3 is 5.32 Å². The molecule has 6 nitrogen and oxygen atoms in total. The second-order valence-corrected chi connectivity index (χ2v) is 7.04. The fourth-order valence-electron chi connectivity index (χ4n) is 2.24. The summed E-state index contributed by atoms with van der Waals surface area (Å²) in [6, 6.07) is 5.25. The van der Waals surface area contributed by atoms with Gasteiger partial charge in [0.15, 0.2) is 0 Å². The zero-order valence-electron chi connectivity index (χ0n) is 10.4. The number of piperazine rings is 1. The minimum Gasteiger partial charge on any atom is -0.312 e. The Kier molecular flexibility index (Phi) is 3.25. The van der Waals surface area contributed by atoms with E-state index in [1.54, 1.807) is 18.2 Å². The molecule has 1 atom stereocenters. The van der Waals surface area contributed by atoms with Crippen molar-refractivity contribution in [1.82, 2.24) is 18.4 Å². The minimum atomic E-state index is -3.49. The Hall–Kier alpha value is -1.09. The Balaban J connectivity index is 2.06. The van der Waals surface area contributed by atoms with E-state index in [0.29, 0.717) is 30.7 Å². The summed E-state index contributed by atoms with van der Waals surface area (Å²) in [7, 11) is -3.49. The lowest BCUT2D eigenvalue weighted by Crippen LogP contribution is -2.51. The van der Waals surface area contributed by atoms with E-state index in [4.69, 9.17) is 0 Å². The quantitative estimate of drug-likeness (QED) is 0.882. The van der Waals surface area contributed by atoms with Crippen LogP contribution in [0.1, 0.15) is 6.92 Å². The lowest BCUT2D eigenvalue weighted by atomic mass is 10.3. The van der Waals surface area contributed by atoms with Gasteiger partial charge >= 0.3 is 0 Å². The maximum absolute atomic E-state index is 12.7. The van der Waals surface area contributed by atoms with Gasteiger partial charge in [-0.05, 0) is 19.1 Å². The number of sulfonamides is 1. The topological polar surface area (TPSA) is 75.2 Å². The molecule has 0 aliphatic carbocycles. The first-order chi connectivity index (χ1) is 9.09. The summed E-state index contributed by atoms with van der Waals surface area (Å²) in [5.41, 5.74) is 1.10. The van der Waals surface area contributed by atoms with Crippen LogP contribution in [-0.2, 0) is 10.0 Å². The van der Waals surface area contributed by atoms with E-state index in [1.807, 2.05) is 6.92 Å². The van der Waals surface area contributed by atoms with Gasteiger partial charge in [-0.2, -0.15) is 13.1 Å². The molecular formula is C11H14N4O2S2. The number of hydrogen-bond donors (Lipinski definition) is 1. The number of nitrogens with one attached hydrogen (secondary N) is 1. The second-order valence-electron chi connectivity index (χ2n) is 4.61. The molecule has 0 amide bonds. The predicted octanol–water partition coefficient (Wildman–Crippen LogP) is 0.674. The Morgan fingerprint density at radius 3 is 3.05 bits per heavy atom. The normalized spacial score (nSPS) is 21.8. The highest BCUT2D eigenvalue weighted by molar-refractivity contribution is 7.89. The first kappa shape index (κ1) is 12.9. The number of rotatable bonds is 2. The summed E-state index contributed by atoms with van der Waals surface area (Å²) in [5, 5.41) is 3.24. The number of aromatic nitrogens is 2. The molecule has 1 N–H and O–H groups in total. The van der Waals surface area contributed by atoms with Gasteiger partial charge in [0, 0.05) is 25.7 Å². The van der Waals surface area contributed by atoms with Crippen LogP contribution in [0.4, 0.5) is 0 Å². The van der Waals surface area contributed by atoms with E-state index >= 15 is 0 Å². The summed E-state index contributed by atoms with van der Waals surface area (Å²) in [6.07, 6.45) is 0. The Bertz CT molecular complexity index is 698. The summed E-state index contributed by atoms with van der Waals surface area (Å²) in [4.78, 5) is 0.257. The van der Waals surface area contributed by atoms with Crippen LogP contribution in [-0.4, -0.2) is 47.1 Å². The molecule has 1 aliphatic rings. The third kappa shape index (κ3) is 2.25. The van der Waals surface area contributed by atoms with Crippen molar-refractivity contribution in [3.05, 3.63) is 18.2 Å². The van der Waals surface area contributed by atoms with Gasteiger partial charge in [-0.1, -0.05) is 6.07 Å². The third-order valence-corrected chi connectivity index (χ3v) is 5.64. The van der Waals surface area contributed by atoms with Gasteiger partial charge in [0.2, 0.25) is 10.0 Å². The third-order valence-electron chi connectivity index (χ3n) is 3.20. The van der Waals surface area contributed by atoms with Crippen molar-refractivity contribution in [1.29, 1.82) is 0 Å². The van der Waals surface area contributed by atoms with Crippen molar-refractivity contribution in [2.45, 2.75) is 17.9 Å². The van der Waals surface area contributed by atoms with Gasteiger partial charge in [0.1, 0.15) is 15.9 Å². The summed E-state index contributed by atoms with van der Waals surface area (Å²) >= 11 is 1.04. The van der Waals surface area contributed by atoms with E-state index in [-0.39, 0.29) is 10.9 Å². The zero-order chi connectivity index (χ0) is 13.5.